The third-order valence-corrected chi connectivity index (χ3v) is 7.24. The van der Waals surface area contributed by atoms with Crippen molar-refractivity contribution in [1.29, 1.82) is 0 Å². The number of hydrogen-bond donors (Lipinski definition) is 1. The Kier molecular flexibility index (Phi) is 5.48. The van der Waals surface area contributed by atoms with E-state index in [1.54, 1.807) is 22.4 Å². The van der Waals surface area contributed by atoms with Gasteiger partial charge in [0.15, 0.2) is 5.13 Å². The van der Waals surface area contributed by atoms with Crippen molar-refractivity contribution in [1.82, 2.24) is 4.98 Å². The minimum Gasteiger partial charge on any atom is -0.497 e. The Labute approximate surface area is 179 Å². The van der Waals surface area contributed by atoms with Gasteiger partial charge in [-0.2, -0.15) is 0 Å². The zero-order chi connectivity index (χ0) is 21.3. The zero-order valence-electron chi connectivity index (χ0n) is 16.5. The van der Waals surface area contributed by atoms with Gasteiger partial charge in [0, 0.05) is 17.1 Å². The van der Waals surface area contributed by atoms with Crippen molar-refractivity contribution in [3.8, 4) is 5.75 Å². The summed E-state index contributed by atoms with van der Waals surface area (Å²) in [6.07, 6.45) is 0.936. The number of amides is 1. The lowest BCUT2D eigenvalue weighted by molar-refractivity contribution is -0.118. The van der Waals surface area contributed by atoms with Gasteiger partial charge in [-0.05, 0) is 49.2 Å². The normalized spacial score (nSPS) is 15.7. The van der Waals surface area contributed by atoms with Crippen LogP contribution in [0.1, 0.15) is 18.2 Å². The first-order chi connectivity index (χ1) is 14.4. The van der Waals surface area contributed by atoms with E-state index in [1.165, 1.54) is 19.2 Å². The standard InChI is InChI=1S/C21H21N3O4S2/c1-14-11-15-5-3-4-6-19(15)24(14)20(25)12-16-13-29-21(22-16)23-30(26,27)18-9-7-17(28-2)8-10-18/h3-10,13-14H,11-12H2,1-2H3,(H,22,23)/t14-/m1/s1. The molecular formula is C21H21N3O4S2. The Hall–Kier alpha value is -2.91. The minimum atomic E-state index is -3.77. The summed E-state index contributed by atoms with van der Waals surface area (Å²) in [5, 5.41) is 1.93. The van der Waals surface area contributed by atoms with Crippen molar-refractivity contribution in [2.75, 3.05) is 16.7 Å². The van der Waals surface area contributed by atoms with Crippen LogP contribution in [0.15, 0.2) is 58.8 Å². The lowest BCUT2D eigenvalue weighted by atomic mass is 10.1. The van der Waals surface area contributed by atoms with Crippen molar-refractivity contribution in [2.24, 2.45) is 0 Å². The van der Waals surface area contributed by atoms with Crippen molar-refractivity contribution in [2.45, 2.75) is 30.7 Å². The van der Waals surface area contributed by atoms with Crippen molar-refractivity contribution >= 4 is 38.1 Å². The van der Waals surface area contributed by atoms with Crippen LogP contribution in [0.2, 0.25) is 0 Å². The molecule has 1 amide bonds. The average molecular weight is 444 g/mol. The zero-order valence-corrected chi connectivity index (χ0v) is 18.2. The van der Waals surface area contributed by atoms with Gasteiger partial charge in [-0.1, -0.05) is 18.2 Å². The van der Waals surface area contributed by atoms with E-state index in [-0.39, 0.29) is 28.4 Å². The molecule has 156 valence electrons. The largest absolute Gasteiger partial charge is 0.497 e. The first-order valence-corrected chi connectivity index (χ1v) is 11.7. The summed E-state index contributed by atoms with van der Waals surface area (Å²) in [6.45, 7) is 2.02. The first kappa shape index (κ1) is 20.4. The van der Waals surface area contributed by atoms with Crippen LogP contribution in [-0.4, -0.2) is 32.5 Å². The fraction of sp³-hybridized carbons (Fsp3) is 0.238. The highest BCUT2D eigenvalue weighted by Crippen LogP contribution is 2.32. The predicted molar refractivity (Wildman–Crippen MR) is 117 cm³/mol. The van der Waals surface area contributed by atoms with Gasteiger partial charge >= 0.3 is 0 Å². The summed E-state index contributed by atoms with van der Waals surface area (Å²) < 4.78 is 32.6. The maximum absolute atomic E-state index is 12.9. The molecule has 1 N–H and O–H groups in total. The van der Waals surface area contributed by atoms with E-state index in [1.807, 2.05) is 31.2 Å². The second kappa shape index (κ2) is 8.08. The van der Waals surface area contributed by atoms with Gasteiger partial charge in [-0.15, -0.1) is 11.3 Å². The number of thiazole rings is 1. The molecule has 30 heavy (non-hydrogen) atoms. The number of nitrogens with zero attached hydrogens (tertiary/aromatic N) is 2. The van der Waals surface area contributed by atoms with E-state index >= 15 is 0 Å². The third-order valence-electron chi connectivity index (χ3n) is 4.95. The molecule has 0 spiro atoms. The summed E-state index contributed by atoms with van der Waals surface area (Å²) in [5.74, 6) is 0.518. The second-order valence-corrected chi connectivity index (χ2v) is 9.59. The number of fused-ring (bicyclic) bond motifs is 1. The molecule has 1 aliphatic rings. The van der Waals surface area contributed by atoms with Gasteiger partial charge in [0.2, 0.25) is 5.91 Å². The quantitative estimate of drug-likeness (QED) is 0.630. The fourth-order valence-corrected chi connectivity index (χ4v) is 5.51. The van der Waals surface area contributed by atoms with E-state index in [0.717, 1.165) is 29.0 Å². The summed E-state index contributed by atoms with van der Waals surface area (Å²) in [7, 11) is -2.26. The van der Waals surface area contributed by atoms with Crippen LogP contribution in [-0.2, 0) is 27.7 Å². The van der Waals surface area contributed by atoms with E-state index < -0.39 is 10.0 Å². The van der Waals surface area contributed by atoms with Gasteiger partial charge in [0.05, 0.1) is 24.1 Å². The molecule has 1 aliphatic heterocycles. The summed E-state index contributed by atoms with van der Waals surface area (Å²) in [6, 6.07) is 14.1. The second-order valence-electron chi connectivity index (χ2n) is 7.05. The smallest absolute Gasteiger partial charge is 0.263 e. The number of methoxy groups -OCH3 is 1. The van der Waals surface area contributed by atoms with E-state index in [4.69, 9.17) is 4.74 Å². The number of anilines is 2. The first-order valence-electron chi connectivity index (χ1n) is 9.38. The number of aromatic nitrogens is 1. The Morgan fingerprint density at radius 1 is 1.23 bits per heavy atom. The third kappa shape index (κ3) is 4.03. The van der Waals surface area contributed by atoms with Crippen LogP contribution in [0, 0.1) is 0 Å². The summed E-state index contributed by atoms with van der Waals surface area (Å²) >= 11 is 1.15. The molecule has 2 heterocycles. The molecule has 0 bridgehead atoms. The van der Waals surface area contributed by atoms with E-state index in [0.29, 0.717) is 11.4 Å². The molecule has 0 saturated carbocycles. The van der Waals surface area contributed by atoms with Crippen LogP contribution in [0.5, 0.6) is 5.75 Å². The minimum absolute atomic E-state index is 0.0534. The summed E-state index contributed by atoms with van der Waals surface area (Å²) in [4.78, 5) is 19.1. The summed E-state index contributed by atoms with van der Waals surface area (Å²) in [5.41, 5.74) is 2.63. The van der Waals surface area contributed by atoms with E-state index in [2.05, 4.69) is 9.71 Å². The van der Waals surface area contributed by atoms with Gasteiger partial charge in [0.25, 0.3) is 10.0 Å². The number of nitrogens with one attached hydrogen (secondary N) is 1. The molecule has 4 rings (SSSR count). The molecule has 1 atom stereocenters. The Bertz CT molecular complexity index is 1170. The fourth-order valence-electron chi connectivity index (χ4n) is 3.55. The molecule has 9 heteroatoms. The number of sulfonamides is 1. The van der Waals surface area contributed by atoms with Gasteiger partial charge in [0.1, 0.15) is 5.75 Å². The Morgan fingerprint density at radius 3 is 2.70 bits per heavy atom. The molecular weight excluding hydrogens is 422 g/mol. The SMILES string of the molecule is COc1ccc(S(=O)(=O)Nc2nc(CC(=O)N3c4ccccc4C[C@H]3C)cs2)cc1. The lowest BCUT2D eigenvalue weighted by Crippen LogP contribution is -2.36. The maximum Gasteiger partial charge on any atom is 0.263 e. The molecule has 1 aromatic heterocycles. The monoisotopic (exact) mass is 443 g/mol. The molecule has 0 fully saturated rings. The number of ether oxygens (including phenoxy) is 1. The van der Waals surface area contributed by atoms with Gasteiger partial charge < -0.3 is 9.64 Å². The maximum atomic E-state index is 12.9. The molecule has 0 aliphatic carbocycles. The van der Waals surface area contributed by atoms with Crippen LogP contribution < -0.4 is 14.4 Å². The van der Waals surface area contributed by atoms with Crippen LogP contribution in [0.4, 0.5) is 10.8 Å². The molecule has 7 nitrogen and oxygen atoms in total. The highest BCUT2D eigenvalue weighted by molar-refractivity contribution is 7.93. The van der Waals surface area contributed by atoms with Crippen molar-refractivity contribution < 1.29 is 17.9 Å². The van der Waals surface area contributed by atoms with Crippen LogP contribution >= 0.6 is 11.3 Å². The van der Waals surface area contributed by atoms with E-state index in [9.17, 15) is 13.2 Å². The number of benzene rings is 2. The highest BCUT2D eigenvalue weighted by atomic mass is 32.2. The van der Waals surface area contributed by atoms with Crippen LogP contribution in [0.3, 0.4) is 0 Å². The number of carbonyl (C=O) groups excluding carboxylic acids is 1. The Morgan fingerprint density at radius 2 is 1.97 bits per heavy atom. The highest BCUT2D eigenvalue weighted by Gasteiger charge is 2.30. The number of carbonyl (C=O) groups is 1. The lowest BCUT2D eigenvalue weighted by Gasteiger charge is -2.22. The van der Waals surface area contributed by atoms with Crippen LogP contribution in [0.25, 0.3) is 0 Å². The average Bonchev–Trinajstić information content (AvgIpc) is 3.30. The predicted octanol–water partition coefficient (Wildman–Crippen LogP) is 3.47. The molecule has 0 unspecified atom stereocenters. The molecule has 0 saturated heterocycles. The molecule has 2 aromatic carbocycles. The Balaban J connectivity index is 1.46. The van der Waals surface area contributed by atoms with Crippen molar-refractivity contribution in [3.05, 3.63) is 65.2 Å². The van der Waals surface area contributed by atoms with Gasteiger partial charge in [-0.25, -0.2) is 13.4 Å². The number of rotatable bonds is 6. The molecule has 3 aromatic rings. The number of hydrogen-bond acceptors (Lipinski definition) is 6. The van der Waals surface area contributed by atoms with Crippen molar-refractivity contribution in [3.63, 3.8) is 0 Å². The molecule has 0 radical (unpaired) electrons. The number of para-hydroxylation sites is 1. The topological polar surface area (TPSA) is 88.6 Å². The van der Waals surface area contributed by atoms with Gasteiger partial charge in [-0.3, -0.25) is 9.52 Å².